The average molecular weight is 371 g/mol. The number of nitrogens with zero attached hydrogens (tertiary/aromatic N) is 1. The van der Waals surface area contributed by atoms with Crippen molar-refractivity contribution in [2.75, 3.05) is 6.54 Å². The molecule has 1 aliphatic rings. The van der Waals surface area contributed by atoms with Crippen molar-refractivity contribution in [3.63, 3.8) is 0 Å². The molecule has 0 atom stereocenters. The van der Waals surface area contributed by atoms with Crippen molar-refractivity contribution < 1.29 is 19.4 Å². The van der Waals surface area contributed by atoms with Gasteiger partial charge in [-0.25, -0.2) is 0 Å². The van der Waals surface area contributed by atoms with E-state index in [1.165, 1.54) is 0 Å². The Morgan fingerprint density at radius 3 is 2.40 bits per heavy atom. The number of thiocarbonyl (C=S) groups is 1. The lowest BCUT2D eigenvalue weighted by Crippen LogP contribution is -2.33. The zero-order chi connectivity index (χ0) is 17.8. The fraction of sp³-hybridized carbons (Fsp3) is 0.0556. The first kappa shape index (κ1) is 17.2. The van der Waals surface area contributed by atoms with Crippen LogP contribution >= 0.6 is 24.0 Å². The minimum atomic E-state index is -1.10. The van der Waals surface area contributed by atoms with Gasteiger partial charge in [-0.3, -0.25) is 14.5 Å². The molecule has 1 saturated heterocycles. The molecule has 0 unspecified atom stereocenters. The molecule has 2 aromatic rings. The van der Waals surface area contributed by atoms with Crippen molar-refractivity contribution in [2.24, 2.45) is 0 Å². The first-order chi connectivity index (χ1) is 12.0. The second-order valence-corrected chi connectivity index (χ2v) is 6.82. The lowest BCUT2D eigenvalue weighted by Gasteiger charge is -2.10. The third-order valence-electron chi connectivity index (χ3n) is 3.32. The topological polar surface area (TPSA) is 66.8 Å². The fourth-order valence-electron chi connectivity index (χ4n) is 2.18. The van der Waals surface area contributed by atoms with Gasteiger partial charge in [-0.05, 0) is 35.9 Å². The summed E-state index contributed by atoms with van der Waals surface area (Å²) in [6.45, 7) is -0.425. The Bertz CT molecular complexity index is 847. The molecule has 1 N–H and O–H groups in total. The van der Waals surface area contributed by atoms with Crippen molar-refractivity contribution in [1.82, 2.24) is 4.90 Å². The molecule has 0 bridgehead atoms. The summed E-state index contributed by atoms with van der Waals surface area (Å²) in [7, 11) is 0. The van der Waals surface area contributed by atoms with Crippen LogP contribution in [0.25, 0.3) is 6.08 Å². The predicted octanol–water partition coefficient (Wildman–Crippen LogP) is 3.76. The number of carboxylic acids is 1. The Labute approximate surface area is 153 Å². The van der Waals surface area contributed by atoms with Crippen LogP contribution in [-0.4, -0.2) is 32.7 Å². The van der Waals surface area contributed by atoms with Gasteiger partial charge < -0.3 is 9.84 Å². The Morgan fingerprint density at radius 2 is 1.76 bits per heavy atom. The minimum absolute atomic E-state index is 0.252. The van der Waals surface area contributed by atoms with Gasteiger partial charge in [0, 0.05) is 0 Å². The summed E-state index contributed by atoms with van der Waals surface area (Å²) in [5.41, 5.74) is 0.802. The molecule has 0 aromatic heterocycles. The maximum absolute atomic E-state index is 12.2. The van der Waals surface area contributed by atoms with Crippen LogP contribution < -0.4 is 4.74 Å². The number of benzene rings is 2. The lowest BCUT2D eigenvalue weighted by molar-refractivity contribution is -0.140. The Kier molecular flexibility index (Phi) is 5.16. The van der Waals surface area contributed by atoms with Crippen molar-refractivity contribution >= 4 is 46.3 Å². The highest BCUT2D eigenvalue weighted by Gasteiger charge is 2.33. The second kappa shape index (κ2) is 7.50. The van der Waals surface area contributed by atoms with E-state index >= 15 is 0 Å². The molecule has 7 heteroatoms. The third-order valence-corrected chi connectivity index (χ3v) is 4.70. The van der Waals surface area contributed by atoms with Gasteiger partial charge in [0.25, 0.3) is 5.91 Å². The van der Waals surface area contributed by atoms with Crippen LogP contribution in [0.3, 0.4) is 0 Å². The molecular formula is C18H13NO4S2. The van der Waals surface area contributed by atoms with Crippen LogP contribution in [0, 0.1) is 0 Å². The zero-order valence-corrected chi connectivity index (χ0v) is 14.5. The molecule has 1 fully saturated rings. The Balaban J connectivity index is 1.72. The molecule has 25 heavy (non-hydrogen) atoms. The summed E-state index contributed by atoms with van der Waals surface area (Å²) in [6.07, 6.45) is 1.69. The predicted molar refractivity (Wildman–Crippen MR) is 100 cm³/mol. The summed E-state index contributed by atoms with van der Waals surface area (Å²) in [6, 6.07) is 16.7. The van der Waals surface area contributed by atoms with Crippen molar-refractivity contribution in [3.8, 4) is 11.5 Å². The molecule has 1 heterocycles. The number of carbonyl (C=O) groups is 2. The molecule has 0 radical (unpaired) electrons. The molecule has 126 valence electrons. The van der Waals surface area contributed by atoms with Crippen molar-refractivity contribution in [1.29, 1.82) is 0 Å². The van der Waals surface area contributed by atoms with Gasteiger partial charge in [0.1, 0.15) is 22.4 Å². The number of para-hydroxylation sites is 1. The van der Waals surface area contributed by atoms with E-state index in [0.717, 1.165) is 28.0 Å². The number of hydrogen-bond acceptors (Lipinski definition) is 5. The second-order valence-electron chi connectivity index (χ2n) is 5.15. The number of hydrogen-bond donors (Lipinski definition) is 1. The molecule has 5 nitrogen and oxygen atoms in total. The fourth-order valence-corrected chi connectivity index (χ4v) is 3.43. The van der Waals surface area contributed by atoms with Crippen molar-refractivity contribution in [2.45, 2.75) is 0 Å². The molecule has 1 amide bonds. The third kappa shape index (κ3) is 4.26. The SMILES string of the molecule is O=C(O)CN1C(=O)/C(=C\c2ccc(Oc3ccccc3)cc2)SC1=S. The number of carbonyl (C=O) groups excluding carboxylic acids is 1. The average Bonchev–Trinajstić information content (AvgIpc) is 2.85. The van der Waals surface area contributed by atoms with E-state index in [2.05, 4.69) is 0 Å². The van der Waals surface area contributed by atoms with E-state index in [-0.39, 0.29) is 10.2 Å². The van der Waals surface area contributed by atoms with Gasteiger partial charge in [-0.1, -0.05) is 54.3 Å². The van der Waals surface area contributed by atoms with Gasteiger partial charge in [0.15, 0.2) is 0 Å². The monoisotopic (exact) mass is 371 g/mol. The summed E-state index contributed by atoms with van der Waals surface area (Å²) >= 11 is 6.17. The van der Waals surface area contributed by atoms with Crippen molar-refractivity contribution in [3.05, 3.63) is 65.1 Å². The van der Waals surface area contributed by atoms with Gasteiger partial charge in [0.05, 0.1) is 4.91 Å². The van der Waals surface area contributed by atoms with E-state index in [1.807, 2.05) is 42.5 Å². The van der Waals surface area contributed by atoms with E-state index in [9.17, 15) is 9.59 Å². The first-order valence-corrected chi connectivity index (χ1v) is 8.55. The normalized spacial score (nSPS) is 15.7. The summed E-state index contributed by atoms with van der Waals surface area (Å²) in [5, 5.41) is 8.84. The number of thioether (sulfide) groups is 1. The molecule has 0 saturated carbocycles. The van der Waals surface area contributed by atoms with E-state index in [1.54, 1.807) is 18.2 Å². The summed E-state index contributed by atoms with van der Waals surface area (Å²) in [5.74, 6) is -0.0615. The van der Waals surface area contributed by atoms with Crippen LogP contribution in [0.1, 0.15) is 5.56 Å². The number of aliphatic carboxylic acids is 1. The number of rotatable bonds is 5. The van der Waals surface area contributed by atoms with Gasteiger partial charge >= 0.3 is 5.97 Å². The van der Waals surface area contributed by atoms with Crippen LogP contribution in [0.4, 0.5) is 0 Å². The number of ether oxygens (including phenoxy) is 1. The molecule has 0 spiro atoms. The van der Waals surface area contributed by atoms with Gasteiger partial charge in [0.2, 0.25) is 0 Å². The smallest absolute Gasteiger partial charge is 0.323 e. The van der Waals surface area contributed by atoms with Crippen LogP contribution in [0.15, 0.2) is 59.5 Å². The van der Waals surface area contributed by atoms with Crippen LogP contribution in [0.2, 0.25) is 0 Å². The lowest BCUT2D eigenvalue weighted by atomic mass is 10.2. The number of carboxylic acid groups (broad SMARTS) is 1. The highest BCUT2D eigenvalue weighted by Crippen LogP contribution is 2.32. The highest BCUT2D eigenvalue weighted by atomic mass is 32.2. The summed E-state index contributed by atoms with van der Waals surface area (Å²) in [4.78, 5) is 24.5. The van der Waals surface area contributed by atoms with E-state index < -0.39 is 12.5 Å². The molecule has 1 aliphatic heterocycles. The van der Waals surface area contributed by atoms with E-state index in [0.29, 0.717) is 10.7 Å². The molecule has 0 aliphatic carbocycles. The Morgan fingerprint density at radius 1 is 1.12 bits per heavy atom. The van der Waals surface area contributed by atoms with Crippen LogP contribution in [0.5, 0.6) is 11.5 Å². The maximum atomic E-state index is 12.2. The molecule has 3 rings (SSSR count). The largest absolute Gasteiger partial charge is 0.480 e. The molecule has 2 aromatic carbocycles. The molecular weight excluding hydrogens is 358 g/mol. The standard InChI is InChI=1S/C18H13NO4S2/c20-16(21)11-19-17(22)15(25-18(19)24)10-12-6-8-14(9-7-12)23-13-4-2-1-3-5-13/h1-10H,11H2,(H,20,21)/b15-10+. The van der Waals surface area contributed by atoms with Gasteiger partial charge in [-0.15, -0.1) is 0 Å². The first-order valence-electron chi connectivity index (χ1n) is 7.33. The number of amides is 1. The Hall–Kier alpha value is -2.64. The van der Waals surface area contributed by atoms with E-state index in [4.69, 9.17) is 22.1 Å². The van der Waals surface area contributed by atoms with Gasteiger partial charge in [-0.2, -0.15) is 0 Å². The highest BCUT2D eigenvalue weighted by molar-refractivity contribution is 8.26. The van der Waals surface area contributed by atoms with Crippen LogP contribution in [-0.2, 0) is 9.59 Å². The quantitative estimate of drug-likeness (QED) is 0.638. The summed E-state index contributed by atoms with van der Waals surface area (Å²) < 4.78 is 5.97. The maximum Gasteiger partial charge on any atom is 0.323 e. The minimum Gasteiger partial charge on any atom is -0.480 e. The zero-order valence-electron chi connectivity index (χ0n) is 12.9.